The van der Waals surface area contributed by atoms with E-state index in [1.54, 1.807) is 13.0 Å². The van der Waals surface area contributed by atoms with Crippen LogP contribution in [0.4, 0.5) is 5.82 Å². The number of carbonyl (C=O) groups is 1. The fraction of sp³-hybridized carbons (Fsp3) is 0.375. The first-order valence-corrected chi connectivity index (χ1v) is 7.47. The first-order chi connectivity index (χ1) is 10.7. The van der Waals surface area contributed by atoms with Crippen LogP contribution in [-0.2, 0) is 6.54 Å². The zero-order valence-corrected chi connectivity index (χ0v) is 12.6. The predicted octanol–water partition coefficient (Wildman–Crippen LogP) is 1.64. The van der Waals surface area contributed by atoms with Gasteiger partial charge in [-0.15, -0.1) is 0 Å². The molecular weight excluding hydrogens is 280 g/mol. The second-order valence-electron chi connectivity index (χ2n) is 5.50. The molecule has 2 heterocycles. The molecule has 1 aromatic carbocycles. The lowest BCUT2D eigenvalue weighted by Gasteiger charge is -2.27. The Morgan fingerprint density at radius 1 is 1.32 bits per heavy atom. The Balaban J connectivity index is 1.59. The highest BCUT2D eigenvalue weighted by Gasteiger charge is 2.11. The van der Waals surface area contributed by atoms with Gasteiger partial charge in [-0.2, -0.15) is 0 Å². The van der Waals surface area contributed by atoms with Crippen molar-refractivity contribution in [3.8, 4) is 0 Å². The summed E-state index contributed by atoms with van der Waals surface area (Å²) in [7, 11) is 0. The zero-order valence-electron chi connectivity index (χ0n) is 12.6. The van der Waals surface area contributed by atoms with E-state index in [2.05, 4.69) is 20.7 Å². The molecule has 2 aromatic rings. The van der Waals surface area contributed by atoms with Gasteiger partial charge in [0.25, 0.3) is 5.91 Å². The van der Waals surface area contributed by atoms with Crippen molar-refractivity contribution in [2.75, 3.05) is 31.5 Å². The van der Waals surface area contributed by atoms with E-state index in [1.165, 1.54) is 5.56 Å². The summed E-state index contributed by atoms with van der Waals surface area (Å²) >= 11 is 0. The summed E-state index contributed by atoms with van der Waals surface area (Å²) < 4.78 is 4.93. The number of anilines is 1. The number of benzene rings is 1. The molecule has 0 spiro atoms. The third-order valence-corrected chi connectivity index (χ3v) is 3.70. The minimum atomic E-state index is -0.179. The molecule has 2 N–H and O–H groups in total. The lowest BCUT2D eigenvalue weighted by atomic mass is 10.1. The van der Waals surface area contributed by atoms with Gasteiger partial charge >= 0.3 is 0 Å². The normalized spacial score (nSPS) is 15.7. The Labute approximate surface area is 129 Å². The van der Waals surface area contributed by atoms with E-state index in [-0.39, 0.29) is 5.91 Å². The van der Waals surface area contributed by atoms with E-state index in [9.17, 15) is 4.79 Å². The summed E-state index contributed by atoms with van der Waals surface area (Å²) in [6.45, 7) is 6.91. The van der Waals surface area contributed by atoms with Crippen LogP contribution in [0.3, 0.4) is 0 Å². The molecule has 3 rings (SSSR count). The van der Waals surface area contributed by atoms with E-state index in [1.807, 2.05) is 24.3 Å². The molecule has 1 fully saturated rings. The second-order valence-corrected chi connectivity index (χ2v) is 5.50. The number of carbonyl (C=O) groups excluding carboxylic acids is 1. The summed E-state index contributed by atoms with van der Waals surface area (Å²) in [5.41, 5.74) is 1.83. The van der Waals surface area contributed by atoms with Gasteiger partial charge in [0.15, 0.2) is 5.82 Å². The third kappa shape index (κ3) is 3.72. The van der Waals surface area contributed by atoms with Crippen LogP contribution in [0, 0.1) is 6.92 Å². The number of aromatic nitrogens is 1. The summed E-state index contributed by atoms with van der Waals surface area (Å²) in [5.74, 6) is 0.927. The lowest BCUT2D eigenvalue weighted by molar-refractivity contribution is 0.102. The van der Waals surface area contributed by atoms with E-state index >= 15 is 0 Å². The Bertz CT molecular complexity index is 630. The highest BCUT2D eigenvalue weighted by molar-refractivity contribution is 6.03. The van der Waals surface area contributed by atoms with Gasteiger partial charge in [-0.1, -0.05) is 17.3 Å². The number of hydrogen-bond acceptors (Lipinski definition) is 5. The lowest BCUT2D eigenvalue weighted by Crippen LogP contribution is -2.42. The van der Waals surface area contributed by atoms with Crippen molar-refractivity contribution in [2.24, 2.45) is 0 Å². The maximum atomic E-state index is 12.1. The summed E-state index contributed by atoms with van der Waals surface area (Å²) in [6.07, 6.45) is 0. The molecule has 1 aliphatic heterocycles. The van der Waals surface area contributed by atoms with Crippen LogP contribution in [0.5, 0.6) is 0 Å². The molecule has 0 unspecified atom stereocenters. The molecule has 1 aliphatic rings. The van der Waals surface area contributed by atoms with Gasteiger partial charge in [-0.25, -0.2) is 0 Å². The molecule has 116 valence electrons. The van der Waals surface area contributed by atoms with Gasteiger partial charge in [0, 0.05) is 44.4 Å². The summed E-state index contributed by atoms with van der Waals surface area (Å²) in [5, 5.41) is 9.82. The van der Waals surface area contributed by atoms with Crippen molar-refractivity contribution in [3.05, 3.63) is 47.2 Å². The Morgan fingerprint density at radius 3 is 2.68 bits per heavy atom. The summed E-state index contributed by atoms with van der Waals surface area (Å²) in [6, 6.07) is 9.40. The molecule has 0 aliphatic carbocycles. The third-order valence-electron chi connectivity index (χ3n) is 3.70. The smallest absolute Gasteiger partial charge is 0.256 e. The van der Waals surface area contributed by atoms with E-state index < -0.39 is 0 Å². The molecule has 0 radical (unpaired) electrons. The largest absolute Gasteiger partial charge is 0.360 e. The van der Waals surface area contributed by atoms with Crippen LogP contribution >= 0.6 is 0 Å². The van der Waals surface area contributed by atoms with Gasteiger partial charge in [-0.3, -0.25) is 9.69 Å². The SMILES string of the molecule is Cc1cc(NC(=O)c2ccc(CN3CCNCC3)cc2)no1. The minimum absolute atomic E-state index is 0.179. The maximum absolute atomic E-state index is 12.1. The van der Waals surface area contributed by atoms with Crippen LogP contribution in [0.2, 0.25) is 0 Å². The predicted molar refractivity (Wildman–Crippen MR) is 83.8 cm³/mol. The molecule has 6 nitrogen and oxygen atoms in total. The van der Waals surface area contributed by atoms with Crippen molar-refractivity contribution in [1.82, 2.24) is 15.4 Å². The molecule has 22 heavy (non-hydrogen) atoms. The number of aryl methyl sites for hydroxylation is 1. The standard InChI is InChI=1S/C16H20N4O2/c1-12-10-15(19-22-12)18-16(21)14-4-2-13(3-5-14)11-20-8-6-17-7-9-20/h2-5,10,17H,6-9,11H2,1H3,(H,18,19,21). The van der Waals surface area contributed by atoms with Gasteiger partial charge in [0.2, 0.25) is 0 Å². The first kappa shape index (κ1) is 14.7. The monoisotopic (exact) mass is 300 g/mol. The number of nitrogens with one attached hydrogen (secondary N) is 2. The second kappa shape index (κ2) is 6.72. The fourth-order valence-corrected chi connectivity index (χ4v) is 2.50. The molecular formula is C16H20N4O2. The Hall–Kier alpha value is -2.18. The number of amides is 1. The molecule has 0 atom stereocenters. The van der Waals surface area contributed by atoms with Gasteiger partial charge < -0.3 is 15.2 Å². The van der Waals surface area contributed by atoms with Crippen molar-refractivity contribution in [1.29, 1.82) is 0 Å². The van der Waals surface area contributed by atoms with Crippen LogP contribution in [0.1, 0.15) is 21.7 Å². The molecule has 6 heteroatoms. The number of rotatable bonds is 4. The van der Waals surface area contributed by atoms with Gasteiger partial charge in [0.1, 0.15) is 5.76 Å². The summed E-state index contributed by atoms with van der Waals surface area (Å²) in [4.78, 5) is 14.5. The molecule has 1 saturated heterocycles. The Morgan fingerprint density at radius 2 is 2.05 bits per heavy atom. The molecule has 1 aromatic heterocycles. The average Bonchev–Trinajstić information content (AvgIpc) is 2.94. The van der Waals surface area contributed by atoms with Crippen molar-refractivity contribution in [3.63, 3.8) is 0 Å². The Kier molecular flexibility index (Phi) is 4.50. The molecule has 1 amide bonds. The van der Waals surface area contributed by atoms with E-state index in [0.29, 0.717) is 17.1 Å². The quantitative estimate of drug-likeness (QED) is 0.898. The maximum Gasteiger partial charge on any atom is 0.256 e. The van der Waals surface area contributed by atoms with Gasteiger partial charge in [0.05, 0.1) is 0 Å². The first-order valence-electron chi connectivity index (χ1n) is 7.47. The van der Waals surface area contributed by atoms with Crippen molar-refractivity contribution < 1.29 is 9.32 Å². The zero-order chi connectivity index (χ0) is 15.4. The average molecular weight is 300 g/mol. The highest BCUT2D eigenvalue weighted by atomic mass is 16.5. The van der Waals surface area contributed by atoms with E-state index in [0.717, 1.165) is 32.7 Å². The van der Waals surface area contributed by atoms with Crippen LogP contribution in [0.15, 0.2) is 34.9 Å². The fourth-order valence-electron chi connectivity index (χ4n) is 2.50. The van der Waals surface area contributed by atoms with Crippen LogP contribution in [-0.4, -0.2) is 42.1 Å². The van der Waals surface area contributed by atoms with Crippen LogP contribution < -0.4 is 10.6 Å². The van der Waals surface area contributed by atoms with Gasteiger partial charge in [-0.05, 0) is 24.6 Å². The number of hydrogen-bond donors (Lipinski definition) is 2. The molecule has 0 saturated carbocycles. The minimum Gasteiger partial charge on any atom is -0.360 e. The van der Waals surface area contributed by atoms with E-state index in [4.69, 9.17) is 4.52 Å². The van der Waals surface area contributed by atoms with Crippen molar-refractivity contribution in [2.45, 2.75) is 13.5 Å². The number of piperazine rings is 1. The molecule has 0 bridgehead atoms. The van der Waals surface area contributed by atoms with Crippen LogP contribution in [0.25, 0.3) is 0 Å². The number of nitrogens with zero attached hydrogens (tertiary/aromatic N) is 2. The highest BCUT2D eigenvalue weighted by Crippen LogP contribution is 2.12. The topological polar surface area (TPSA) is 70.4 Å². The van der Waals surface area contributed by atoms with Crippen molar-refractivity contribution >= 4 is 11.7 Å².